The second-order valence-corrected chi connectivity index (χ2v) is 5.23. The number of hydrogen-bond donors (Lipinski definition) is 0. The SMILES string of the molecule is C(CCc1cccnc1)=C1CC2CCN1CC2. The normalized spacial score (nSPS) is 22.4. The maximum absolute atomic E-state index is 4.16. The number of fused-ring (bicyclic) bond motifs is 3. The van der Waals surface area contributed by atoms with Crippen LogP contribution in [0.2, 0.25) is 0 Å². The van der Waals surface area contributed by atoms with Gasteiger partial charge in [-0.3, -0.25) is 4.98 Å². The number of aromatic nitrogens is 1. The number of piperidine rings is 3. The fraction of sp³-hybridized carbons (Fsp3) is 0.533. The smallest absolute Gasteiger partial charge is 0.0299 e. The van der Waals surface area contributed by atoms with Crippen LogP contribution in [0.4, 0.5) is 0 Å². The molecule has 0 aromatic carbocycles. The summed E-state index contributed by atoms with van der Waals surface area (Å²) in [5.41, 5.74) is 2.96. The summed E-state index contributed by atoms with van der Waals surface area (Å²) in [6.45, 7) is 2.59. The maximum atomic E-state index is 4.16. The highest BCUT2D eigenvalue weighted by molar-refractivity contribution is 5.12. The lowest BCUT2D eigenvalue weighted by atomic mass is 9.86. The van der Waals surface area contributed by atoms with Gasteiger partial charge in [0, 0.05) is 31.2 Å². The summed E-state index contributed by atoms with van der Waals surface area (Å²) in [5, 5.41) is 0. The van der Waals surface area contributed by atoms with E-state index in [9.17, 15) is 0 Å². The average Bonchev–Trinajstić information content (AvgIpc) is 2.41. The quantitative estimate of drug-likeness (QED) is 0.790. The lowest BCUT2D eigenvalue weighted by Gasteiger charge is -2.42. The van der Waals surface area contributed by atoms with E-state index >= 15 is 0 Å². The predicted octanol–water partition coefficient (Wildman–Crippen LogP) is 3.01. The van der Waals surface area contributed by atoms with Crippen molar-refractivity contribution < 1.29 is 0 Å². The number of hydrogen-bond acceptors (Lipinski definition) is 2. The Morgan fingerprint density at radius 3 is 2.88 bits per heavy atom. The lowest BCUT2D eigenvalue weighted by molar-refractivity contribution is 0.159. The highest BCUT2D eigenvalue weighted by Crippen LogP contribution is 2.34. The molecule has 0 amide bonds. The molecule has 3 saturated heterocycles. The van der Waals surface area contributed by atoms with Crippen LogP contribution in [0.3, 0.4) is 0 Å². The Hall–Kier alpha value is -1.31. The molecule has 0 spiro atoms. The summed E-state index contributed by atoms with van der Waals surface area (Å²) in [6.07, 6.45) is 12.7. The van der Waals surface area contributed by atoms with Crippen molar-refractivity contribution in [1.29, 1.82) is 0 Å². The van der Waals surface area contributed by atoms with Gasteiger partial charge in [-0.1, -0.05) is 12.1 Å². The average molecular weight is 228 g/mol. The predicted molar refractivity (Wildman–Crippen MR) is 69.6 cm³/mol. The minimum absolute atomic E-state index is 0.977. The van der Waals surface area contributed by atoms with E-state index in [1.54, 1.807) is 5.70 Å². The number of nitrogens with zero attached hydrogens (tertiary/aromatic N) is 2. The van der Waals surface area contributed by atoms with E-state index in [-0.39, 0.29) is 0 Å². The molecule has 0 radical (unpaired) electrons. The molecule has 2 heteroatoms. The number of allylic oxidation sites excluding steroid dienone is 2. The van der Waals surface area contributed by atoms with Gasteiger partial charge in [0.2, 0.25) is 0 Å². The summed E-state index contributed by atoms with van der Waals surface area (Å²) in [7, 11) is 0. The Balaban J connectivity index is 1.57. The second-order valence-electron chi connectivity index (χ2n) is 5.23. The van der Waals surface area contributed by atoms with Crippen molar-refractivity contribution in [3.05, 3.63) is 41.9 Å². The first-order valence-corrected chi connectivity index (χ1v) is 6.75. The molecule has 2 nitrogen and oxygen atoms in total. The van der Waals surface area contributed by atoms with Crippen LogP contribution < -0.4 is 0 Å². The van der Waals surface area contributed by atoms with Crippen LogP contribution in [0.25, 0.3) is 0 Å². The minimum atomic E-state index is 0.977. The van der Waals surface area contributed by atoms with Crippen molar-refractivity contribution in [3.63, 3.8) is 0 Å². The molecule has 0 N–H and O–H groups in total. The van der Waals surface area contributed by atoms with Crippen LogP contribution in [0.15, 0.2) is 36.3 Å². The van der Waals surface area contributed by atoms with Crippen molar-refractivity contribution in [1.82, 2.24) is 9.88 Å². The zero-order chi connectivity index (χ0) is 11.5. The molecule has 1 aromatic heterocycles. The highest BCUT2D eigenvalue weighted by Gasteiger charge is 2.27. The molecule has 4 rings (SSSR count). The molecule has 17 heavy (non-hydrogen) atoms. The van der Waals surface area contributed by atoms with E-state index in [1.807, 2.05) is 18.5 Å². The Bertz CT molecular complexity index is 389. The van der Waals surface area contributed by atoms with E-state index in [0.29, 0.717) is 0 Å². The zero-order valence-electron chi connectivity index (χ0n) is 10.3. The van der Waals surface area contributed by atoms with E-state index in [4.69, 9.17) is 0 Å². The van der Waals surface area contributed by atoms with Gasteiger partial charge in [0.1, 0.15) is 0 Å². The molecule has 3 fully saturated rings. The monoisotopic (exact) mass is 228 g/mol. The van der Waals surface area contributed by atoms with E-state index in [0.717, 1.165) is 18.8 Å². The lowest BCUT2D eigenvalue weighted by Crippen LogP contribution is -2.39. The van der Waals surface area contributed by atoms with Crippen LogP contribution in [0.1, 0.15) is 31.2 Å². The van der Waals surface area contributed by atoms with Gasteiger partial charge in [-0.05, 0) is 49.7 Å². The fourth-order valence-electron chi connectivity index (χ4n) is 3.01. The summed E-state index contributed by atoms with van der Waals surface area (Å²) in [6, 6.07) is 4.19. The molecular weight excluding hydrogens is 208 g/mol. The molecule has 0 aliphatic carbocycles. The van der Waals surface area contributed by atoms with Gasteiger partial charge in [0.05, 0.1) is 0 Å². The third kappa shape index (κ3) is 2.51. The summed E-state index contributed by atoms with van der Waals surface area (Å²) in [4.78, 5) is 6.74. The Labute approximate surface area is 103 Å². The summed E-state index contributed by atoms with van der Waals surface area (Å²) >= 11 is 0. The molecule has 3 aliphatic rings. The van der Waals surface area contributed by atoms with Gasteiger partial charge in [-0.15, -0.1) is 0 Å². The third-order valence-corrected chi connectivity index (χ3v) is 4.05. The molecule has 0 saturated carbocycles. The van der Waals surface area contributed by atoms with Crippen molar-refractivity contribution in [2.24, 2.45) is 5.92 Å². The number of aryl methyl sites for hydroxylation is 1. The number of rotatable bonds is 3. The molecule has 0 unspecified atom stereocenters. The molecule has 4 heterocycles. The van der Waals surface area contributed by atoms with Gasteiger partial charge in [-0.2, -0.15) is 0 Å². The van der Waals surface area contributed by atoms with Crippen molar-refractivity contribution in [2.45, 2.75) is 32.1 Å². The largest absolute Gasteiger partial charge is 0.375 e. The van der Waals surface area contributed by atoms with Gasteiger partial charge < -0.3 is 4.90 Å². The minimum Gasteiger partial charge on any atom is -0.375 e. The fourth-order valence-corrected chi connectivity index (χ4v) is 3.01. The summed E-state index contributed by atoms with van der Waals surface area (Å²) in [5.74, 6) is 0.977. The van der Waals surface area contributed by atoms with Crippen LogP contribution in [-0.2, 0) is 6.42 Å². The third-order valence-electron chi connectivity index (χ3n) is 4.05. The Morgan fingerprint density at radius 1 is 1.35 bits per heavy atom. The van der Waals surface area contributed by atoms with Gasteiger partial charge >= 0.3 is 0 Å². The first-order valence-electron chi connectivity index (χ1n) is 6.75. The molecule has 3 aliphatic heterocycles. The maximum Gasteiger partial charge on any atom is 0.0299 e. The standard InChI is InChI=1S/C15H20N2/c1(3-14-4-2-8-16-12-14)5-15-11-13-6-9-17(15)10-7-13/h2,4-5,8,12-13H,1,3,6-7,9-11H2. The van der Waals surface area contributed by atoms with E-state index in [1.165, 1.54) is 37.9 Å². The van der Waals surface area contributed by atoms with Crippen molar-refractivity contribution in [3.8, 4) is 0 Å². The summed E-state index contributed by atoms with van der Waals surface area (Å²) < 4.78 is 0. The van der Waals surface area contributed by atoms with Crippen LogP contribution in [0.5, 0.6) is 0 Å². The van der Waals surface area contributed by atoms with E-state index in [2.05, 4.69) is 22.0 Å². The van der Waals surface area contributed by atoms with Gasteiger partial charge in [-0.25, -0.2) is 0 Å². The molecule has 1 aromatic rings. The molecule has 0 atom stereocenters. The first kappa shape index (κ1) is 10.8. The molecule has 90 valence electrons. The van der Waals surface area contributed by atoms with Crippen LogP contribution >= 0.6 is 0 Å². The Morgan fingerprint density at radius 2 is 2.24 bits per heavy atom. The van der Waals surface area contributed by atoms with Crippen molar-refractivity contribution >= 4 is 0 Å². The number of pyridine rings is 1. The van der Waals surface area contributed by atoms with Crippen molar-refractivity contribution in [2.75, 3.05) is 13.1 Å². The molecular formula is C15H20N2. The second kappa shape index (κ2) is 4.91. The van der Waals surface area contributed by atoms with Crippen LogP contribution in [0, 0.1) is 5.92 Å². The van der Waals surface area contributed by atoms with Gasteiger partial charge in [0.15, 0.2) is 0 Å². The topological polar surface area (TPSA) is 16.1 Å². The zero-order valence-corrected chi connectivity index (χ0v) is 10.3. The first-order chi connectivity index (χ1) is 8.42. The Kier molecular flexibility index (Phi) is 3.12. The van der Waals surface area contributed by atoms with Crippen LogP contribution in [-0.4, -0.2) is 23.0 Å². The highest BCUT2D eigenvalue weighted by atomic mass is 15.2. The molecule has 2 bridgehead atoms. The van der Waals surface area contributed by atoms with Gasteiger partial charge in [0.25, 0.3) is 0 Å². The van der Waals surface area contributed by atoms with E-state index < -0.39 is 0 Å².